The van der Waals surface area contributed by atoms with Crippen LogP contribution in [0.1, 0.15) is 34.2 Å². The number of hydrogen-bond acceptors (Lipinski definition) is 5. The monoisotopic (exact) mass is 475 g/mol. The fourth-order valence-electron chi connectivity index (χ4n) is 3.32. The van der Waals surface area contributed by atoms with Crippen molar-refractivity contribution in [1.82, 2.24) is 25.1 Å². The molecule has 0 aliphatic carbocycles. The zero-order valence-corrected chi connectivity index (χ0v) is 16.2. The van der Waals surface area contributed by atoms with E-state index in [4.69, 9.17) is 0 Å². The number of amides is 1. The molecule has 4 heterocycles. The Hall–Kier alpha value is -3.71. The number of carbonyl (C=O) groups excluding carboxylic acids is 1. The van der Waals surface area contributed by atoms with E-state index in [1.807, 2.05) is 0 Å². The number of fused-ring (bicyclic) bond motifs is 1. The fraction of sp³-hybridized carbons (Fsp3) is 0.263. The molecule has 1 aliphatic heterocycles. The van der Waals surface area contributed by atoms with Crippen molar-refractivity contribution in [2.24, 2.45) is 0 Å². The van der Waals surface area contributed by atoms with Crippen LogP contribution in [0.4, 0.5) is 30.7 Å². The lowest BCUT2D eigenvalue weighted by Gasteiger charge is -2.13. The van der Waals surface area contributed by atoms with Crippen LogP contribution in [0.2, 0.25) is 0 Å². The van der Waals surface area contributed by atoms with Crippen molar-refractivity contribution in [3.63, 3.8) is 0 Å². The summed E-state index contributed by atoms with van der Waals surface area (Å²) < 4.78 is 95.1. The van der Waals surface area contributed by atoms with Crippen molar-refractivity contribution in [2.45, 2.75) is 31.5 Å². The van der Waals surface area contributed by atoms with Gasteiger partial charge in [0.1, 0.15) is 5.69 Å². The lowest BCUT2D eigenvalue weighted by molar-refractivity contribution is -0.276. The number of pyridine rings is 2. The Labute approximate surface area is 180 Å². The maximum Gasteiger partial charge on any atom is 0.574 e. The van der Waals surface area contributed by atoms with Crippen molar-refractivity contribution in [2.75, 3.05) is 0 Å². The number of rotatable bonds is 4. The summed E-state index contributed by atoms with van der Waals surface area (Å²) in [6.07, 6.45) is -7.98. The van der Waals surface area contributed by atoms with Gasteiger partial charge >= 0.3 is 12.5 Å². The molecule has 0 aromatic carbocycles. The molecule has 0 radical (unpaired) electrons. The van der Waals surface area contributed by atoms with Crippen LogP contribution in [-0.4, -0.2) is 32.0 Å². The van der Waals surface area contributed by atoms with Crippen molar-refractivity contribution in [1.29, 1.82) is 0 Å². The Bertz CT molecular complexity index is 1210. The highest BCUT2D eigenvalue weighted by Crippen LogP contribution is 2.34. The summed E-state index contributed by atoms with van der Waals surface area (Å²) in [7, 11) is 0. The number of aromatic nitrogens is 4. The van der Waals surface area contributed by atoms with Crippen molar-refractivity contribution < 1.29 is 40.3 Å². The van der Waals surface area contributed by atoms with E-state index in [2.05, 4.69) is 25.1 Å². The first-order valence-electron chi connectivity index (χ1n) is 9.24. The van der Waals surface area contributed by atoms with Gasteiger partial charge in [-0.15, -0.1) is 13.2 Å². The molecule has 1 N–H and O–H groups in total. The average molecular weight is 475 g/mol. The molecule has 3 aromatic heterocycles. The summed E-state index contributed by atoms with van der Waals surface area (Å²) in [5.74, 6) is -2.56. The molecule has 0 saturated carbocycles. The van der Waals surface area contributed by atoms with E-state index in [1.165, 1.54) is 16.8 Å². The number of aryl methyl sites for hydroxylation is 1. The van der Waals surface area contributed by atoms with Gasteiger partial charge in [-0.1, -0.05) is 0 Å². The van der Waals surface area contributed by atoms with Gasteiger partial charge in [-0.05, 0) is 24.6 Å². The molecule has 1 unspecified atom stereocenters. The topological polar surface area (TPSA) is 81.9 Å². The van der Waals surface area contributed by atoms with Crippen LogP contribution in [-0.2, 0) is 12.7 Å². The molecule has 1 amide bonds. The Morgan fingerprint density at radius 1 is 1.12 bits per heavy atom. The molecule has 0 bridgehead atoms. The number of carbonyl (C=O) groups is 1. The molecule has 14 heteroatoms. The lowest BCUT2D eigenvalue weighted by atomic mass is 10.1. The standard InChI is InChI=1S/C19H12F7N5O2/c20-11-8-28-15(18(21,22)23)6-10(11)13-7-14-12(2-4-31(14)30-13)29-17(32)9-1-3-27-16(5-9)33-19(24,25)26/h1,3,5-8,12H,2,4H2,(H,29,32). The van der Waals surface area contributed by atoms with Gasteiger partial charge < -0.3 is 10.1 Å². The van der Waals surface area contributed by atoms with Gasteiger partial charge in [0.05, 0.1) is 23.6 Å². The first-order valence-corrected chi connectivity index (χ1v) is 9.24. The number of nitrogens with one attached hydrogen (secondary N) is 1. The van der Waals surface area contributed by atoms with E-state index in [9.17, 15) is 35.5 Å². The van der Waals surface area contributed by atoms with Gasteiger partial charge in [0.2, 0.25) is 5.88 Å². The van der Waals surface area contributed by atoms with Crippen molar-refractivity contribution in [3.05, 3.63) is 59.4 Å². The third-order valence-electron chi connectivity index (χ3n) is 4.74. The Morgan fingerprint density at radius 3 is 2.58 bits per heavy atom. The summed E-state index contributed by atoms with van der Waals surface area (Å²) in [5, 5.41) is 6.71. The smallest absolute Gasteiger partial charge is 0.388 e. The van der Waals surface area contributed by atoms with Crippen LogP contribution >= 0.6 is 0 Å². The highest BCUT2D eigenvalue weighted by atomic mass is 19.4. The minimum Gasteiger partial charge on any atom is -0.388 e. The van der Waals surface area contributed by atoms with Crippen LogP contribution in [0.3, 0.4) is 0 Å². The number of alkyl halides is 6. The molecule has 7 nitrogen and oxygen atoms in total. The highest BCUT2D eigenvalue weighted by molar-refractivity contribution is 5.94. The predicted octanol–water partition coefficient (Wildman–Crippen LogP) is 4.27. The quantitative estimate of drug-likeness (QED) is 0.570. The van der Waals surface area contributed by atoms with Gasteiger partial charge in [-0.3, -0.25) is 9.48 Å². The van der Waals surface area contributed by atoms with E-state index >= 15 is 0 Å². The van der Waals surface area contributed by atoms with E-state index < -0.39 is 47.4 Å². The first-order chi connectivity index (χ1) is 15.4. The maximum absolute atomic E-state index is 14.1. The Morgan fingerprint density at radius 2 is 1.88 bits per heavy atom. The van der Waals surface area contributed by atoms with Gasteiger partial charge in [-0.2, -0.15) is 18.3 Å². The zero-order chi connectivity index (χ0) is 24.0. The normalized spacial score (nSPS) is 15.9. The molecule has 3 aromatic rings. The van der Waals surface area contributed by atoms with Gasteiger partial charge in [0.15, 0.2) is 5.82 Å². The number of ether oxygens (including phenoxy) is 1. The number of nitrogens with zero attached hydrogens (tertiary/aromatic N) is 4. The zero-order valence-electron chi connectivity index (χ0n) is 16.2. The van der Waals surface area contributed by atoms with E-state index in [0.29, 0.717) is 24.4 Å². The fourth-order valence-corrected chi connectivity index (χ4v) is 3.32. The minimum absolute atomic E-state index is 0.0841. The molecule has 0 saturated heterocycles. The second-order valence-corrected chi connectivity index (χ2v) is 6.97. The molecule has 33 heavy (non-hydrogen) atoms. The van der Waals surface area contributed by atoms with Crippen LogP contribution in [0.25, 0.3) is 11.3 Å². The molecule has 1 atom stereocenters. The lowest BCUT2D eigenvalue weighted by Crippen LogP contribution is -2.27. The predicted molar refractivity (Wildman–Crippen MR) is 96.2 cm³/mol. The molecule has 1 aliphatic rings. The maximum atomic E-state index is 14.1. The summed E-state index contributed by atoms with van der Waals surface area (Å²) in [6, 6.07) is 3.21. The van der Waals surface area contributed by atoms with Crippen molar-refractivity contribution in [3.8, 4) is 17.1 Å². The second kappa shape index (κ2) is 8.01. The van der Waals surface area contributed by atoms with Crippen molar-refractivity contribution >= 4 is 5.91 Å². The second-order valence-electron chi connectivity index (χ2n) is 6.97. The number of hydrogen-bond donors (Lipinski definition) is 1. The van der Waals surface area contributed by atoms with Crippen LogP contribution in [0.5, 0.6) is 5.88 Å². The van der Waals surface area contributed by atoms with Gasteiger partial charge in [-0.25, -0.2) is 14.4 Å². The molecule has 0 fully saturated rings. The summed E-state index contributed by atoms with van der Waals surface area (Å²) >= 11 is 0. The molecular formula is C19H12F7N5O2. The van der Waals surface area contributed by atoms with Crippen LogP contribution < -0.4 is 10.1 Å². The van der Waals surface area contributed by atoms with Gasteiger partial charge in [0, 0.05) is 29.9 Å². The largest absolute Gasteiger partial charge is 0.574 e. The van der Waals surface area contributed by atoms with E-state index in [1.54, 1.807) is 0 Å². The third-order valence-corrected chi connectivity index (χ3v) is 4.74. The first kappa shape index (κ1) is 22.5. The average Bonchev–Trinajstić information content (AvgIpc) is 3.28. The SMILES string of the molecule is O=C(NC1CCn2nc(-c3cc(C(F)(F)F)ncc3F)cc21)c1ccnc(OC(F)(F)F)c1. The van der Waals surface area contributed by atoms with Gasteiger partial charge in [0.25, 0.3) is 5.91 Å². The molecule has 4 rings (SSSR count). The van der Waals surface area contributed by atoms with Crippen LogP contribution in [0, 0.1) is 5.82 Å². The third kappa shape index (κ3) is 4.88. The Kier molecular flexibility index (Phi) is 5.46. The minimum atomic E-state index is -4.98. The van der Waals surface area contributed by atoms with E-state index in [0.717, 1.165) is 12.3 Å². The molecular weight excluding hydrogens is 463 g/mol. The summed E-state index contributed by atoms with van der Waals surface area (Å²) in [6.45, 7) is 0.276. The summed E-state index contributed by atoms with van der Waals surface area (Å²) in [4.78, 5) is 18.9. The molecule has 0 spiro atoms. The highest BCUT2D eigenvalue weighted by Gasteiger charge is 2.35. The Balaban J connectivity index is 1.55. The van der Waals surface area contributed by atoms with Crippen LogP contribution in [0.15, 0.2) is 36.7 Å². The van der Waals surface area contributed by atoms with E-state index in [-0.39, 0.29) is 17.8 Å². The number of halogens is 7. The molecule has 174 valence electrons. The summed E-state index contributed by atoms with van der Waals surface area (Å²) in [5.41, 5.74) is -1.54.